The van der Waals surface area contributed by atoms with Gasteiger partial charge in [0, 0.05) is 47.5 Å². The monoisotopic (exact) mass is 332 g/mol. The van der Waals surface area contributed by atoms with Crippen molar-refractivity contribution in [3.05, 3.63) is 20.8 Å². The predicted molar refractivity (Wildman–Crippen MR) is 80.2 cm³/mol. The van der Waals surface area contributed by atoms with Crippen LogP contribution >= 0.6 is 27.3 Å². The molecule has 3 nitrogen and oxygen atoms in total. The second-order valence-corrected chi connectivity index (χ2v) is 6.84. The van der Waals surface area contributed by atoms with Crippen LogP contribution in [0, 0.1) is 0 Å². The Morgan fingerprint density at radius 3 is 2.78 bits per heavy atom. The van der Waals surface area contributed by atoms with Crippen LogP contribution in [0.3, 0.4) is 0 Å². The smallest absolute Gasteiger partial charge is 0.0678 e. The summed E-state index contributed by atoms with van der Waals surface area (Å²) >= 11 is 5.27. The Labute approximate surface area is 122 Å². The van der Waals surface area contributed by atoms with Crippen LogP contribution < -0.4 is 5.32 Å². The summed E-state index contributed by atoms with van der Waals surface area (Å²) in [5.74, 6) is 0. The van der Waals surface area contributed by atoms with Crippen LogP contribution in [0.5, 0.6) is 0 Å². The van der Waals surface area contributed by atoms with Crippen molar-refractivity contribution in [3.8, 4) is 0 Å². The largest absolute Gasteiger partial charge is 0.373 e. The standard InChI is InChI=1S/C13H21BrN2OS/c1-10-7-16(8-11(2)17-10)4-3-15-6-13-5-12(14)9-18-13/h5,9-11,15H,3-4,6-8H2,1-2H3/t10-,11+. The molecule has 2 heterocycles. The molecule has 2 atom stereocenters. The average molecular weight is 333 g/mol. The molecule has 0 aliphatic carbocycles. The fraction of sp³-hybridized carbons (Fsp3) is 0.692. The summed E-state index contributed by atoms with van der Waals surface area (Å²) in [4.78, 5) is 3.86. The van der Waals surface area contributed by atoms with Crippen LogP contribution in [0.2, 0.25) is 0 Å². The number of hydrogen-bond donors (Lipinski definition) is 1. The highest BCUT2D eigenvalue weighted by molar-refractivity contribution is 9.10. The molecule has 0 bridgehead atoms. The van der Waals surface area contributed by atoms with Gasteiger partial charge in [0.1, 0.15) is 0 Å². The molecule has 0 saturated carbocycles. The van der Waals surface area contributed by atoms with E-state index >= 15 is 0 Å². The Kier molecular flexibility index (Phi) is 5.63. The van der Waals surface area contributed by atoms with Gasteiger partial charge in [-0.15, -0.1) is 11.3 Å². The van der Waals surface area contributed by atoms with Gasteiger partial charge in [0.15, 0.2) is 0 Å². The van der Waals surface area contributed by atoms with Crippen molar-refractivity contribution in [1.82, 2.24) is 10.2 Å². The minimum absolute atomic E-state index is 0.363. The third-order valence-electron chi connectivity index (χ3n) is 3.02. The quantitative estimate of drug-likeness (QED) is 0.839. The number of ether oxygens (including phenoxy) is 1. The SMILES string of the molecule is C[C@@H]1CN(CCNCc2cc(Br)cs2)C[C@H](C)O1. The number of nitrogens with zero attached hydrogens (tertiary/aromatic N) is 1. The van der Waals surface area contributed by atoms with Gasteiger partial charge < -0.3 is 10.1 Å². The van der Waals surface area contributed by atoms with E-state index in [1.807, 2.05) is 0 Å². The molecule has 1 aromatic heterocycles. The Morgan fingerprint density at radius 2 is 2.17 bits per heavy atom. The normalized spacial score (nSPS) is 25.5. The molecule has 1 aromatic rings. The molecule has 1 aliphatic heterocycles. The lowest BCUT2D eigenvalue weighted by molar-refractivity contribution is -0.0674. The summed E-state index contributed by atoms with van der Waals surface area (Å²) in [5, 5.41) is 5.63. The second-order valence-electron chi connectivity index (χ2n) is 4.92. The Morgan fingerprint density at radius 1 is 1.44 bits per heavy atom. The molecule has 0 amide bonds. The predicted octanol–water partition coefficient (Wildman–Crippen LogP) is 2.71. The van der Waals surface area contributed by atoms with E-state index in [2.05, 4.69) is 51.4 Å². The van der Waals surface area contributed by atoms with E-state index in [1.165, 1.54) is 9.35 Å². The Balaban J connectivity index is 1.63. The molecule has 0 spiro atoms. The van der Waals surface area contributed by atoms with Crippen LogP contribution in [-0.2, 0) is 11.3 Å². The van der Waals surface area contributed by atoms with E-state index in [4.69, 9.17) is 4.74 Å². The molecule has 1 aliphatic rings. The summed E-state index contributed by atoms with van der Waals surface area (Å²) in [6.45, 7) is 9.51. The second kappa shape index (κ2) is 7.01. The molecular formula is C13H21BrN2OS. The lowest BCUT2D eigenvalue weighted by atomic mass is 10.2. The highest BCUT2D eigenvalue weighted by Gasteiger charge is 2.21. The van der Waals surface area contributed by atoms with Crippen LogP contribution in [0.4, 0.5) is 0 Å². The summed E-state index contributed by atoms with van der Waals surface area (Å²) in [7, 11) is 0. The third-order valence-corrected chi connectivity index (χ3v) is 4.72. The molecule has 2 rings (SSSR count). The molecule has 1 saturated heterocycles. The molecule has 18 heavy (non-hydrogen) atoms. The van der Waals surface area contributed by atoms with E-state index in [-0.39, 0.29) is 0 Å². The van der Waals surface area contributed by atoms with E-state index < -0.39 is 0 Å². The first-order valence-electron chi connectivity index (χ1n) is 6.45. The van der Waals surface area contributed by atoms with Crippen molar-refractivity contribution in [2.24, 2.45) is 0 Å². The van der Waals surface area contributed by atoms with Gasteiger partial charge in [-0.25, -0.2) is 0 Å². The number of morpholine rings is 1. The van der Waals surface area contributed by atoms with Gasteiger partial charge in [0.25, 0.3) is 0 Å². The van der Waals surface area contributed by atoms with Gasteiger partial charge in [0.05, 0.1) is 12.2 Å². The summed E-state index contributed by atoms with van der Waals surface area (Å²) in [5.41, 5.74) is 0. The van der Waals surface area contributed by atoms with Crippen LogP contribution in [0.25, 0.3) is 0 Å². The topological polar surface area (TPSA) is 24.5 Å². The lowest BCUT2D eigenvalue weighted by Gasteiger charge is -2.35. The zero-order valence-electron chi connectivity index (χ0n) is 11.0. The van der Waals surface area contributed by atoms with Crippen molar-refractivity contribution in [3.63, 3.8) is 0 Å². The van der Waals surface area contributed by atoms with Crippen LogP contribution in [0.15, 0.2) is 15.9 Å². The molecule has 0 unspecified atom stereocenters. The Bertz CT molecular complexity index is 362. The van der Waals surface area contributed by atoms with Crippen LogP contribution in [0.1, 0.15) is 18.7 Å². The summed E-state index contributed by atoms with van der Waals surface area (Å²) in [6, 6.07) is 2.18. The van der Waals surface area contributed by atoms with Crippen molar-refractivity contribution >= 4 is 27.3 Å². The van der Waals surface area contributed by atoms with E-state index in [0.29, 0.717) is 12.2 Å². The fourth-order valence-electron chi connectivity index (χ4n) is 2.36. The number of halogens is 1. The third kappa shape index (κ3) is 4.63. The molecule has 0 radical (unpaired) electrons. The van der Waals surface area contributed by atoms with Crippen molar-refractivity contribution in [2.45, 2.75) is 32.6 Å². The van der Waals surface area contributed by atoms with Gasteiger partial charge >= 0.3 is 0 Å². The number of thiophene rings is 1. The highest BCUT2D eigenvalue weighted by Crippen LogP contribution is 2.19. The maximum Gasteiger partial charge on any atom is 0.0678 e. The zero-order valence-corrected chi connectivity index (χ0v) is 13.4. The van der Waals surface area contributed by atoms with Gasteiger partial charge in [-0.2, -0.15) is 0 Å². The first kappa shape index (κ1) is 14.5. The van der Waals surface area contributed by atoms with Gasteiger partial charge in [-0.05, 0) is 35.8 Å². The Hall–Kier alpha value is 0.0600. The summed E-state index contributed by atoms with van der Waals surface area (Å²) < 4.78 is 6.91. The molecule has 1 fully saturated rings. The maximum atomic E-state index is 5.73. The highest BCUT2D eigenvalue weighted by atomic mass is 79.9. The summed E-state index contributed by atoms with van der Waals surface area (Å²) in [6.07, 6.45) is 0.726. The first-order chi connectivity index (χ1) is 8.63. The van der Waals surface area contributed by atoms with E-state index in [0.717, 1.165) is 32.7 Å². The lowest BCUT2D eigenvalue weighted by Crippen LogP contribution is -2.47. The zero-order chi connectivity index (χ0) is 13.0. The minimum atomic E-state index is 0.363. The number of rotatable bonds is 5. The fourth-order valence-corrected chi connectivity index (χ4v) is 3.78. The van der Waals surface area contributed by atoms with Crippen molar-refractivity contribution in [2.75, 3.05) is 26.2 Å². The van der Waals surface area contributed by atoms with E-state index in [9.17, 15) is 0 Å². The molecule has 1 N–H and O–H groups in total. The van der Waals surface area contributed by atoms with Crippen molar-refractivity contribution in [1.29, 1.82) is 0 Å². The first-order valence-corrected chi connectivity index (χ1v) is 8.12. The van der Waals surface area contributed by atoms with Gasteiger partial charge in [0.2, 0.25) is 0 Å². The average Bonchev–Trinajstić information content (AvgIpc) is 2.69. The molecule has 0 aromatic carbocycles. The van der Waals surface area contributed by atoms with E-state index in [1.54, 1.807) is 11.3 Å². The molecular weight excluding hydrogens is 312 g/mol. The molecule has 102 valence electrons. The van der Waals surface area contributed by atoms with Crippen LogP contribution in [-0.4, -0.2) is 43.3 Å². The van der Waals surface area contributed by atoms with Crippen molar-refractivity contribution < 1.29 is 4.74 Å². The number of nitrogens with one attached hydrogen (secondary N) is 1. The van der Waals surface area contributed by atoms with Gasteiger partial charge in [-0.1, -0.05) is 0 Å². The molecule has 5 heteroatoms. The number of hydrogen-bond acceptors (Lipinski definition) is 4. The van der Waals surface area contributed by atoms with Gasteiger partial charge in [-0.3, -0.25) is 4.90 Å². The maximum absolute atomic E-state index is 5.73. The minimum Gasteiger partial charge on any atom is -0.373 e.